The number of benzene rings is 1. The number of furan rings is 1. The summed E-state index contributed by atoms with van der Waals surface area (Å²) in [4.78, 5) is 9.74. The zero-order valence-corrected chi connectivity index (χ0v) is 10.6. The van der Waals surface area contributed by atoms with Crippen molar-refractivity contribution in [1.29, 1.82) is 0 Å². The molecule has 0 unspecified atom stereocenters. The monoisotopic (exact) mass is 282 g/mol. The SMILES string of the molecule is C[C@H](NCc1cc([N+](=O)[O-])c(F)cc1F)c1ccco1. The van der Waals surface area contributed by atoms with E-state index in [0.717, 1.165) is 6.07 Å². The fraction of sp³-hybridized carbons (Fsp3) is 0.231. The largest absolute Gasteiger partial charge is 0.468 e. The molecule has 0 fully saturated rings. The Balaban J connectivity index is 2.13. The Morgan fingerprint density at radius 1 is 1.40 bits per heavy atom. The van der Waals surface area contributed by atoms with Crippen molar-refractivity contribution in [3.8, 4) is 0 Å². The van der Waals surface area contributed by atoms with Crippen LogP contribution in [0, 0.1) is 21.7 Å². The minimum absolute atomic E-state index is 0.0226. The first-order valence-electron chi connectivity index (χ1n) is 5.88. The normalized spacial score (nSPS) is 12.3. The summed E-state index contributed by atoms with van der Waals surface area (Å²) in [6.45, 7) is 1.82. The van der Waals surface area contributed by atoms with Gasteiger partial charge in [-0.2, -0.15) is 4.39 Å². The predicted octanol–water partition coefficient (Wildman–Crippen LogP) is 3.32. The van der Waals surface area contributed by atoms with Crippen molar-refractivity contribution in [2.75, 3.05) is 0 Å². The maximum Gasteiger partial charge on any atom is 0.305 e. The number of hydrogen-bond acceptors (Lipinski definition) is 4. The maximum atomic E-state index is 13.6. The molecule has 106 valence electrons. The van der Waals surface area contributed by atoms with Gasteiger partial charge in [0.1, 0.15) is 11.6 Å². The second kappa shape index (κ2) is 5.79. The summed E-state index contributed by atoms with van der Waals surface area (Å²) in [6.07, 6.45) is 1.51. The molecule has 0 aliphatic heterocycles. The molecule has 0 radical (unpaired) electrons. The van der Waals surface area contributed by atoms with E-state index in [2.05, 4.69) is 5.32 Å². The van der Waals surface area contributed by atoms with Gasteiger partial charge in [0.15, 0.2) is 0 Å². The van der Waals surface area contributed by atoms with Gasteiger partial charge in [-0.05, 0) is 19.1 Å². The minimum atomic E-state index is -1.18. The van der Waals surface area contributed by atoms with Gasteiger partial charge in [0.05, 0.1) is 17.2 Å². The van der Waals surface area contributed by atoms with E-state index in [0.29, 0.717) is 11.8 Å². The van der Waals surface area contributed by atoms with Crippen LogP contribution in [0.25, 0.3) is 0 Å². The molecule has 5 nitrogen and oxygen atoms in total. The molecule has 1 aromatic carbocycles. The smallest absolute Gasteiger partial charge is 0.305 e. The third-order valence-electron chi connectivity index (χ3n) is 2.88. The second-order valence-corrected chi connectivity index (χ2v) is 4.27. The molecule has 1 aromatic heterocycles. The van der Waals surface area contributed by atoms with E-state index in [-0.39, 0.29) is 18.2 Å². The Morgan fingerprint density at radius 3 is 2.75 bits per heavy atom. The third kappa shape index (κ3) is 3.00. The van der Waals surface area contributed by atoms with Gasteiger partial charge >= 0.3 is 5.69 Å². The average Bonchev–Trinajstić information content (AvgIpc) is 2.90. The maximum absolute atomic E-state index is 13.6. The molecule has 1 N–H and O–H groups in total. The molecule has 20 heavy (non-hydrogen) atoms. The number of nitro groups is 1. The van der Waals surface area contributed by atoms with Crippen molar-refractivity contribution in [2.24, 2.45) is 0 Å². The Morgan fingerprint density at radius 2 is 2.15 bits per heavy atom. The molecule has 0 aliphatic rings. The van der Waals surface area contributed by atoms with E-state index in [9.17, 15) is 18.9 Å². The van der Waals surface area contributed by atoms with Crippen molar-refractivity contribution in [2.45, 2.75) is 19.5 Å². The molecule has 2 aromatic rings. The van der Waals surface area contributed by atoms with Crippen molar-refractivity contribution in [1.82, 2.24) is 5.32 Å². The first kappa shape index (κ1) is 14.1. The van der Waals surface area contributed by atoms with Crippen molar-refractivity contribution < 1.29 is 18.1 Å². The summed E-state index contributed by atoms with van der Waals surface area (Å²) >= 11 is 0. The highest BCUT2D eigenvalue weighted by atomic mass is 19.1. The molecule has 0 bridgehead atoms. The number of hydrogen-bond donors (Lipinski definition) is 1. The van der Waals surface area contributed by atoms with Gasteiger partial charge in [-0.3, -0.25) is 10.1 Å². The quantitative estimate of drug-likeness (QED) is 0.674. The molecular weight excluding hydrogens is 270 g/mol. The van der Waals surface area contributed by atoms with Crippen LogP contribution in [0.15, 0.2) is 34.9 Å². The Bertz CT molecular complexity index is 614. The van der Waals surface area contributed by atoms with Crippen LogP contribution in [0.5, 0.6) is 0 Å². The Labute approximate surface area is 113 Å². The third-order valence-corrected chi connectivity index (χ3v) is 2.88. The number of nitro benzene ring substituents is 1. The first-order valence-corrected chi connectivity index (χ1v) is 5.88. The van der Waals surface area contributed by atoms with Crippen LogP contribution in [-0.4, -0.2) is 4.92 Å². The molecule has 0 spiro atoms. The summed E-state index contributed by atoms with van der Waals surface area (Å²) in [5.74, 6) is -1.36. The van der Waals surface area contributed by atoms with Crippen LogP contribution in [0.1, 0.15) is 24.3 Å². The molecular formula is C13H12F2N2O3. The lowest BCUT2D eigenvalue weighted by Gasteiger charge is -2.11. The molecule has 0 saturated heterocycles. The fourth-order valence-electron chi connectivity index (χ4n) is 1.76. The van der Waals surface area contributed by atoms with Crippen molar-refractivity contribution in [3.63, 3.8) is 0 Å². The number of nitrogens with zero attached hydrogens (tertiary/aromatic N) is 1. The van der Waals surface area contributed by atoms with Gasteiger partial charge in [0, 0.05) is 24.2 Å². The Kier molecular flexibility index (Phi) is 4.09. The highest BCUT2D eigenvalue weighted by molar-refractivity contribution is 5.37. The van der Waals surface area contributed by atoms with Crippen molar-refractivity contribution in [3.05, 3.63) is 63.6 Å². The number of nitrogens with one attached hydrogen (secondary N) is 1. The topological polar surface area (TPSA) is 68.3 Å². The van der Waals surface area contributed by atoms with Gasteiger partial charge in [-0.25, -0.2) is 4.39 Å². The summed E-state index contributed by atoms with van der Waals surface area (Å²) in [5, 5.41) is 13.6. The molecule has 1 heterocycles. The zero-order chi connectivity index (χ0) is 14.7. The minimum Gasteiger partial charge on any atom is -0.468 e. The summed E-state index contributed by atoms with van der Waals surface area (Å²) in [5.41, 5.74) is -0.717. The first-order chi connectivity index (χ1) is 9.49. The standard InChI is InChI=1S/C13H12F2N2O3/c1-8(13-3-2-4-20-13)16-7-9-5-12(17(18)19)11(15)6-10(9)14/h2-6,8,16H,7H2,1H3/t8-/m0/s1. The molecule has 2 rings (SSSR count). The van der Waals surface area contributed by atoms with Crippen LogP contribution in [-0.2, 0) is 6.54 Å². The van der Waals surface area contributed by atoms with Crippen LogP contribution in [0.3, 0.4) is 0 Å². The van der Waals surface area contributed by atoms with Gasteiger partial charge in [-0.15, -0.1) is 0 Å². The summed E-state index contributed by atoms with van der Waals surface area (Å²) < 4.78 is 31.9. The van der Waals surface area contributed by atoms with Crippen molar-refractivity contribution >= 4 is 5.69 Å². The van der Waals surface area contributed by atoms with E-state index in [1.165, 1.54) is 6.26 Å². The summed E-state index contributed by atoms with van der Waals surface area (Å²) in [7, 11) is 0. The number of rotatable bonds is 5. The molecule has 0 amide bonds. The lowest BCUT2D eigenvalue weighted by atomic mass is 10.1. The summed E-state index contributed by atoms with van der Waals surface area (Å²) in [6, 6.07) is 4.69. The molecule has 0 aliphatic carbocycles. The second-order valence-electron chi connectivity index (χ2n) is 4.27. The zero-order valence-electron chi connectivity index (χ0n) is 10.6. The Hall–Kier alpha value is -2.28. The van der Waals surface area contributed by atoms with Crippen LogP contribution in [0.2, 0.25) is 0 Å². The van der Waals surface area contributed by atoms with Gasteiger partial charge < -0.3 is 9.73 Å². The fourth-order valence-corrected chi connectivity index (χ4v) is 1.76. The molecule has 7 heteroatoms. The van der Waals surface area contributed by atoms with E-state index in [1.54, 1.807) is 19.1 Å². The molecule has 0 saturated carbocycles. The van der Waals surface area contributed by atoms with Crippen LogP contribution >= 0.6 is 0 Å². The van der Waals surface area contributed by atoms with E-state index >= 15 is 0 Å². The van der Waals surface area contributed by atoms with Gasteiger partial charge in [-0.1, -0.05) is 0 Å². The number of halogens is 2. The average molecular weight is 282 g/mol. The van der Waals surface area contributed by atoms with E-state index < -0.39 is 22.2 Å². The van der Waals surface area contributed by atoms with E-state index in [1.807, 2.05) is 0 Å². The highest BCUT2D eigenvalue weighted by Gasteiger charge is 2.19. The van der Waals surface area contributed by atoms with E-state index in [4.69, 9.17) is 4.42 Å². The van der Waals surface area contributed by atoms with Crippen LogP contribution in [0.4, 0.5) is 14.5 Å². The lowest BCUT2D eigenvalue weighted by molar-refractivity contribution is -0.387. The van der Waals surface area contributed by atoms with Gasteiger partial charge in [0.25, 0.3) is 0 Å². The lowest BCUT2D eigenvalue weighted by Crippen LogP contribution is -2.18. The predicted molar refractivity (Wildman–Crippen MR) is 67.0 cm³/mol. The van der Waals surface area contributed by atoms with Gasteiger partial charge in [0.2, 0.25) is 5.82 Å². The van der Waals surface area contributed by atoms with Crippen LogP contribution < -0.4 is 5.32 Å². The highest BCUT2D eigenvalue weighted by Crippen LogP contribution is 2.22. The molecule has 1 atom stereocenters.